The molecule has 27 heavy (non-hydrogen) atoms. The first-order valence-corrected chi connectivity index (χ1v) is 8.63. The van der Waals surface area contributed by atoms with Crippen molar-refractivity contribution >= 4 is 29.6 Å². The number of nitrogens with zero attached hydrogens (tertiary/aromatic N) is 1. The van der Waals surface area contributed by atoms with Crippen molar-refractivity contribution in [3.8, 4) is 5.75 Å². The van der Waals surface area contributed by atoms with Gasteiger partial charge in [0.15, 0.2) is 0 Å². The predicted molar refractivity (Wildman–Crippen MR) is 103 cm³/mol. The van der Waals surface area contributed by atoms with Crippen LogP contribution in [0.5, 0.6) is 5.75 Å². The van der Waals surface area contributed by atoms with Crippen molar-refractivity contribution in [1.29, 1.82) is 0 Å². The van der Waals surface area contributed by atoms with Crippen LogP contribution in [0.3, 0.4) is 0 Å². The van der Waals surface area contributed by atoms with Gasteiger partial charge in [-0.3, -0.25) is 14.9 Å². The van der Waals surface area contributed by atoms with Crippen LogP contribution in [0.1, 0.15) is 23.6 Å². The van der Waals surface area contributed by atoms with E-state index in [1.54, 1.807) is 30.3 Å². The number of barbiturate groups is 1. The van der Waals surface area contributed by atoms with E-state index in [1.165, 1.54) is 6.08 Å². The minimum absolute atomic E-state index is 0.123. The quantitative estimate of drug-likeness (QED) is 0.667. The summed E-state index contributed by atoms with van der Waals surface area (Å²) in [5.74, 6) is -0.831. The van der Waals surface area contributed by atoms with Crippen LogP contribution in [0.15, 0.2) is 48.0 Å². The van der Waals surface area contributed by atoms with Gasteiger partial charge in [-0.15, -0.1) is 0 Å². The van der Waals surface area contributed by atoms with Crippen LogP contribution >= 0.6 is 0 Å². The molecular formula is C21H20N2O4. The van der Waals surface area contributed by atoms with E-state index < -0.39 is 17.8 Å². The standard InChI is InChI=1S/C21H20N2O4/c1-4-27-18-8-6-5-7-15(18)12-16-19(24)22-21(26)23(20(16)25)17-10-9-13(2)11-14(17)3/h5-12H,4H2,1-3H3,(H,22,24,26)/b16-12+. The number of rotatable bonds is 4. The second-order valence-corrected chi connectivity index (χ2v) is 6.22. The van der Waals surface area contributed by atoms with Crippen molar-refractivity contribution in [2.24, 2.45) is 0 Å². The Morgan fingerprint density at radius 2 is 1.81 bits per heavy atom. The van der Waals surface area contributed by atoms with E-state index in [0.29, 0.717) is 23.6 Å². The van der Waals surface area contributed by atoms with Gasteiger partial charge in [-0.1, -0.05) is 35.9 Å². The highest BCUT2D eigenvalue weighted by Gasteiger charge is 2.37. The fourth-order valence-electron chi connectivity index (χ4n) is 2.97. The minimum atomic E-state index is -0.757. The van der Waals surface area contributed by atoms with Crippen LogP contribution in [-0.4, -0.2) is 24.5 Å². The first kappa shape index (κ1) is 18.4. The number of imide groups is 2. The van der Waals surface area contributed by atoms with Gasteiger partial charge < -0.3 is 4.74 Å². The molecule has 1 aliphatic heterocycles. The topological polar surface area (TPSA) is 75.7 Å². The fourth-order valence-corrected chi connectivity index (χ4v) is 2.97. The summed E-state index contributed by atoms with van der Waals surface area (Å²) in [4.78, 5) is 38.6. The molecule has 2 aromatic carbocycles. The van der Waals surface area contributed by atoms with Gasteiger partial charge >= 0.3 is 6.03 Å². The summed E-state index contributed by atoms with van der Waals surface area (Å²) < 4.78 is 5.55. The number of carbonyl (C=O) groups excluding carboxylic acids is 3. The Bertz CT molecular complexity index is 962. The number of hydrogen-bond donors (Lipinski definition) is 1. The lowest BCUT2D eigenvalue weighted by Gasteiger charge is -2.27. The number of amides is 4. The summed E-state index contributed by atoms with van der Waals surface area (Å²) in [6, 6.07) is 11.7. The summed E-state index contributed by atoms with van der Waals surface area (Å²) in [7, 11) is 0. The lowest BCUT2D eigenvalue weighted by Crippen LogP contribution is -2.54. The SMILES string of the molecule is CCOc1ccccc1/C=C1\C(=O)NC(=O)N(c2ccc(C)cc2C)C1=O. The molecule has 6 nitrogen and oxygen atoms in total. The van der Waals surface area contributed by atoms with Gasteiger partial charge in [0.05, 0.1) is 12.3 Å². The van der Waals surface area contributed by atoms with Gasteiger partial charge in [0.2, 0.25) is 0 Å². The molecule has 6 heteroatoms. The van der Waals surface area contributed by atoms with Crippen molar-refractivity contribution in [3.63, 3.8) is 0 Å². The first-order valence-electron chi connectivity index (χ1n) is 8.63. The lowest BCUT2D eigenvalue weighted by molar-refractivity contribution is -0.122. The van der Waals surface area contributed by atoms with Crippen LogP contribution < -0.4 is 15.0 Å². The summed E-state index contributed by atoms with van der Waals surface area (Å²) in [6.07, 6.45) is 1.45. The zero-order valence-corrected chi connectivity index (χ0v) is 15.4. The average Bonchev–Trinajstić information content (AvgIpc) is 2.62. The highest BCUT2D eigenvalue weighted by molar-refractivity contribution is 6.39. The number of nitrogens with one attached hydrogen (secondary N) is 1. The van der Waals surface area contributed by atoms with Crippen LogP contribution in [0.4, 0.5) is 10.5 Å². The van der Waals surface area contributed by atoms with E-state index in [0.717, 1.165) is 16.0 Å². The summed E-state index contributed by atoms with van der Waals surface area (Å²) in [5, 5.41) is 2.24. The third kappa shape index (κ3) is 3.60. The third-order valence-electron chi connectivity index (χ3n) is 4.21. The van der Waals surface area contributed by atoms with E-state index in [-0.39, 0.29) is 5.57 Å². The van der Waals surface area contributed by atoms with Gasteiger partial charge in [-0.05, 0) is 44.5 Å². The molecule has 1 N–H and O–H groups in total. The first-order chi connectivity index (χ1) is 12.9. The molecule has 0 aromatic heterocycles. The molecule has 0 bridgehead atoms. The normalized spacial score (nSPS) is 15.9. The smallest absolute Gasteiger partial charge is 0.335 e. The molecule has 3 rings (SSSR count). The number of ether oxygens (including phenoxy) is 1. The van der Waals surface area contributed by atoms with E-state index in [9.17, 15) is 14.4 Å². The molecule has 0 atom stereocenters. The van der Waals surface area contributed by atoms with Crippen LogP contribution in [0, 0.1) is 13.8 Å². The molecular weight excluding hydrogens is 344 g/mol. The summed E-state index contributed by atoms with van der Waals surface area (Å²) >= 11 is 0. The number of urea groups is 1. The minimum Gasteiger partial charge on any atom is -0.493 e. The predicted octanol–water partition coefficient (Wildman–Crippen LogP) is 3.37. The zero-order valence-electron chi connectivity index (χ0n) is 15.4. The summed E-state index contributed by atoms with van der Waals surface area (Å²) in [6.45, 7) is 6.04. The Hall–Kier alpha value is -3.41. The second-order valence-electron chi connectivity index (χ2n) is 6.22. The Kier molecular flexibility index (Phi) is 5.07. The average molecular weight is 364 g/mol. The maximum Gasteiger partial charge on any atom is 0.335 e. The van der Waals surface area contributed by atoms with Gasteiger partial charge in [-0.2, -0.15) is 0 Å². The maximum absolute atomic E-state index is 13.0. The molecule has 0 unspecified atom stereocenters. The number of anilines is 1. The van der Waals surface area contributed by atoms with Gasteiger partial charge in [0.1, 0.15) is 11.3 Å². The van der Waals surface area contributed by atoms with E-state index in [1.807, 2.05) is 32.9 Å². The molecule has 0 radical (unpaired) electrons. The molecule has 0 spiro atoms. The molecule has 1 heterocycles. The number of hydrogen-bond acceptors (Lipinski definition) is 4. The molecule has 1 aliphatic rings. The van der Waals surface area contributed by atoms with Crippen LogP contribution in [0.25, 0.3) is 6.08 Å². The molecule has 138 valence electrons. The highest BCUT2D eigenvalue weighted by Crippen LogP contribution is 2.27. The van der Waals surface area contributed by atoms with Crippen molar-refractivity contribution < 1.29 is 19.1 Å². The zero-order chi connectivity index (χ0) is 19.6. The van der Waals surface area contributed by atoms with Crippen LogP contribution in [0.2, 0.25) is 0 Å². The molecule has 0 saturated carbocycles. The monoisotopic (exact) mass is 364 g/mol. The maximum atomic E-state index is 13.0. The van der Waals surface area contributed by atoms with E-state index in [2.05, 4.69) is 5.32 Å². The summed E-state index contributed by atoms with van der Waals surface area (Å²) in [5.41, 5.74) is 2.69. The van der Waals surface area contributed by atoms with E-state index >= 15 is 0 Å². The molecule has 2 aromatic rings. The number of para-hydroxylation sites is 1. The third-order valence-corrected chi connectivity index (χ3v) is 4.21. The lowest BCUT2D eigenvalue weighted by atomic mass is 10.0. The molecule has 4 amide bonds. The second kappa shape index (κ2) is 7.45. The Balaban J connectivity index is 2.05. The highest BCUT2D eigenvalue weighted by atomic mass is 16.5. The Morgan fingerprint density at radius 1 is 1.07 bits per heavy atom. The molecule has 0 aliphatic carbocycles. The Labute approximate surface area is 157 Å². The van der Waals surface area contributed by atoms with Gasteiger partial charge in [0, 0.05) is 5.56 Å². The van der Waals surface area contributed by atoms with Crippen molar-refractivity contribution in [2.45, 2.75) is 20.8 Å². The van der Waals surface area contributed by atoms with Crippen molar-refractivity contribution in [1.82, 2.24) is 5.32 Å². The van der Waals surface area contributed by atoms with E-state index in [4.69, 9.17) is 4.74 Å². The fraction of sp³-hybridized carbons (Fsp3) is 0.190. The van der Waals surface area contributed by atoms with Crippen LogP contribution in [-0.2, 0) is 9.59 Å². The van der Waals surface area contributed by atoms with Gasteiger partial charge in [0.25, 0.3) is 11.8 Å². The Morgan fingerprint density at radius 3 is 2.52 bits per heavy atom. The van der Waals surface area contributed by atoms with Crippen molar-refractivity contribution in [3.05, 3.63) is 64.7 Å². The number of carbonyl (C=O) groups is 3. The molecule has 1 saturated heterocycles. The molecule has 1 fully saturated rings. The number of benzene rings is 2. The number of aryl methyl sites for hydroxylation is 2. The van der Waals surface area contributed by atoms with Crippen molar-refractivity contribution in [2.75, 3.05) is 11.5 Å². The largest absolute Gasteiger partial charge is 0.493 e. The van der Waals surface area contributed by atoms with Gasteiger partial charge in [-0.25, -0.2) is 9.69 Å².